The van der Waals surface area contributed by atoms with Crippen molar-refractivity contribution in [3.05, 3.63) is 54.4 Å². The highest BCUT2D eigenvalue weighted by molar-refractivity contribution is 7.93. The van der Waals surface area contributed by atoms with Crippen molar-refractivity contribution in [2.24, 2.45) is 0 Å². The van der Waals surface area contributed by atoms with E-state index in [2.05, 4.69) is 9.88 Å². The predicted molar refractivity (Wildman–Crippen MR) is 97.8 cm³/mol. The minimum Gasteiger partial charge on any atom is -0.295 e. The van der Waals surface area contributed by atoms with E-state index in [4.69, 9.17) is 0 Å². The molecular weight excluding hydrogens is 374 g/mol. The number of nitrogens with zero attached hydrogens (tertiary/aromatic N) is 3. The number of pyridine rings is 1. The van der Waals surface area contributed by atoms with Crippen molar-refractivity contribution in [2.75, 3.05) is 32.4 Å². The van der Waals surface area contributed by atoms with Gasteiger partial charge in [0.25, 0.3) is 0 Å². The van der Waals surface area contributed by atoms with E-state index < -0.39 is 19.9 Å². The molecule has 2 heterocycles. The molecular formula is C17H21N3O4S2. The normalized spacial score (nSPS) is 17.3. The molecule has 0 bridgehead atoms. The van der Waals surface area contributed by atoms with Crippen LogP contribution in [0.1, 0.15) is 5.69 Å². The summed E-state index contributed by atoms with van der Waals surface area (Å²) in [5, 5.41) is 0. The van der Waals surface area contributed by atoms with E-state index in [0.29, 0.717) is 32.7 Å². The minimum absolute atomic E-state index is 0.152. The largest absolute Gasteiger partial charge is 0.295 e. The summed E-state index contributed by atoms with van der Waals surface area (Å²) < 4.78 is 51.1. The van der Waals surface area contributed by atoms with Gasteiger partial charge in [0.1, 0.15) is 4.90 Å². The Morgan fingerprint density at radius 3 is 2.08 bits per heavy atom. The number of hydrogen-bond donors (Lipinski definition) is 0. The van der Waals surface area contributed by atoms with Crippen LogP contribution in [0.25, 0.3) is 0 Å². The first-order chi connectivity index (χ1) is 12.3. The lowest BCUT2D eigenvalue weighted by molar-refractivity contribution is 0.180. The van der Waals surface area contributed by atoms with Crippen LogP contribution < -0.4 is 0 Å². The summed E-state index contributed by atoms with van der Waals surface area (Å²) in [5.41, 5.74) is 0.936. The van der Waals surface area contributed by atoms with Gasteiger partial charge in [-0.3, -0.25) is 9.88 Å². The molecule has 1 fully saturated rings. The summed E-state index contributed by atoms with van der Waals surface area (Å²) in [4.78, 5) is 6.11. The Labute approximate surface area is 154 Å². The standard InChI is InChI=1S/C17H21N3O4S2/c1-25(21,22)16-7-2-3-8-17(16)26(23,24)20-12-10-19(11-13-20)14-15-6-4-5-9-18-15/h2-9H,10-14H2,1H3. The van der Waals surface area contributed by atoms with Gasteiger partial charge >= 0.3 is 0 Å². The van der Waals surface area contributed by atoms with Crippen molar-refractivity contribution in [3.63, 3.8) is 0 Å². The molecule has 1 aromatic carbocycles. The van der Waals surface area contributed by atoms with Crippen molar-refractivity contribution >= 4 is 19.9 Å². The molecule has 1 aromatic heterocycles. The topological polar surface area (TPSA) is 87.6 Å². The Morgan fingerprint density at radius 2 is 1.50 bits per heavy atom. The van der Waals surface area contributed by atoms with Crippen molar-refractivity contribution in [3.8, 4) is 0 Å². The van der Waals surface area contributed by atoms with Crippen LogP contribution >= 0.6 is 0 Å². The zero-order chi connectivity index (χ0) is 18.8. The van der Waals surface area contributed by atoms with Gasteiger partial charge in [0.15, 0.2) is 9.84 Å². The van der Waals surface area contributed by atoms with E-state index in [1.165, 1.54) is 22.5 Å². The molecule has 0 amide bonds. The number of sulfonamides is 1. The molecule has 0 atom stereocenters. The van der Waals surface area contributed by atoms with Crippen LogP contribution in [0, 0.1) is 0 Å². The van der Waals surface area contributed by atoms with Crippen molar-refractivity contribution in [2.45, 2.75) is 16.3 Å². The van der Waals surface area contributed by atoms with E-state index >= 15 is 0 Å². The average Bonchev–Trinajstić information content (AvgIpc) is 2.62. The third kappa shape index (κ3) is 4.12. The third-order valence-electron chi connectivity index (χ3n) is 4.31. The average molecular weight is 396 g/mol. The molecule has 0 spiro atoms. The van der Waals surface area contributed by atoms with E-state index in [-0.39, 0.29) is 9.79 Å². The van der Waals surface area contributed by atoms with Gasteiger partial charge < -0.3 is 0 Å². The van der Waals surface area contributed by atoms with Gasteiger partial charge in [-0.15, -0.1) is 0 Å². The van der Waals surface area contributed by atoms with E-state index in [1.807, 2.05) is 18.2 Å². The summed E-state index contributed by atoms with van der Waals surface area (Å²) >= 11 is 0. The molecule has 1 aliphatic heterocycles. The Bertz CT molecular complexity index is 968. The van der Waals surface area contributed by atoms with Gasteiger partial charge in [-0.25, -0.2) is 16.8 Å². The maximum atomic E-state index is 13.0. The molecule has 26 heavy (non-hydrogen) atoms. The number of aromatic nitrogens is 1. The fourth-order valence-corrected chi connectivity index (χ4v) is 5.98. The Hall–Kier alpha value is -1.81. The number of rotatable bonds is 5. The Morgan fingerprint density at radius 1 is 0.885 bits per heavy atom. The van der Waals surface area contributed by atoms with Crippen LogP contribution in [-0.2, 0) is 26.4 Å². The lowest BCUT2D eigenvalue weighted by atomic mass is 10.3. The van der Waals surface area contributed by atoms with Crippen molar-refractivity contribution in [1.82, 2.24) is 14.2 Å². The quantitative estimate of drug-likeness (QED) is 0.750. The zero-order valence-electron chi connectivity index (χ0n) is 14.4. The summed E-state index contributed by atoms with van der Waals surface area (Å²) in [7, 11) is -7.49. The monoisotopic (exact) mass is 395 g/mol. The second kappa shape index (κ2) is 7.43. The SMILES string of the molecule is CS(=O)(=O)c1ccccc1S(=O)(=O)N1CCN(Cc2ccccn2)CC1. The smallest absolute Gasteiger partial charge is 0.244 e. The molecule has 2 aromatic rings. The van der Waals surface area contributed by atoms with Gasteiger partial charge in [-0.05, 0) is 24.3 Å². The van der Waals surface area contributed by atoms with E-state index in [0.717, 1.165) is 11.9 Å². The highest BCUT2D eigenvalue weighted by Gasteiger charge is 2.32. The molecule has 3 rings (SSSR count). The minimum atomic E-state index is -3.86. The summed E-state index contributed by atoms with van der Waals surface area (Å²) in [6.45, 7) is 2.42. The fourth-order valence-electron chi connectivity index (χ4n) is 2.96. The summed E-state index contributed by atoms with van der Waals surface area (Å²) in [6.07, 6.45) is 2.75. The summed E-state index contributed by atoms with van der Waals surface area (Å²) in [6, 6.07) is 11.5. The molecule has 1 saturated heterocycles. The van der Waals surface area contributed by atoms with Gasteiger partial charge in [0, 0.05) is 45.2 Å². The number of hydrogen-bond acceptors (Lipinski definition) is 6. The Kier molecular flexibility index (Phi) is 5.42. The van der Waals surface area contributed by atoms with Crippen LogP contribution in [0.2, 0.25) is 0 Å². The Balaban J connectivity index is 1.75. The van der Waals surface area contributed by atoms with Crippen LogP contribution in [0.4, 0.5) is 0 Å². The van der Waals surface area contributed by atoms with Gasteiger partial charge in [-0.1, -0.05) is 18.2 Å². The lowest BCUT2D eigenvalue weighted by Crippen LogP contribution is -2.48. The molecule has 0 N–H and O–H groups in total. The van der Waals surface area contributed by atoms with Crippen molar-refractivity contribution < 1.29 is 16.8 Å². The highest BCUT2D eigenvalue weighted by Crippen LogP contribution is 2.25. The molecule has 0 radical (unpaired) electrons. The molecule has 9 heteroatoms. The molecule has 0 saturated carbocycles. The van der Waals surface area contributed by atoms with Crippen LogP contribution in [0.5, 0.6) is 0 Å². The fraction of sp³-hybridized carbons (Fsp3) is 0.353. The first-order valence-electron chi connectivity index (χ1n) is 8.20. The predicted octanol–water partition coefficient (Wildman–Crippen LogP) is 0.992. The molecule has 1 aliphatic rings. The van der Waals surface area contributed by atoms with Gasteiger partial charge in [-0.2, -0.15) is 4.31 Å². The highest BCUT2D eigenvalue weighted by atomic mass is 32.2. The van der Waals surface area contributed by atoms with Crippen LogP contribution in [-0.4, -0.2) is 63.5 Å². The van der Waals surface area contributed by atoms with Gasteiger partial charge in [0.2, 0.25) is 10.0 Å². The molecule has 7 nitrogen and oxygen atoms in total. The number of benzene rings is 1. The molecule has 0 aliphatic carbocycles. The first-order valence-corrected chi connectivity index (χ1v) is 11.5. The van der Waals surface area contributed by atoms with E-state index in [1.54, 1.807) is 12.3 Å². The number of piperazine rings is 1. The van der Waals surface area contributed by atoms with Crippen LogP contribution in [0.3, 0.4) is 0 Å². The summed E-state index contributed by atoms with van der Waals surface area (Å²) in [5.74, 6) is 0. The lowest BCUT2D eigenvalue weighted by Gasteiger charge is -2.34. The maximum absolute atomic E-state index is 13.0. The number of sulfone groups is 1. The second-order valence-electron chi connectivity index (χ2n) is 6.22. The van der Waals surface area contributed by atoms with Crippen LogP contribution in [0.15, 0.2) is 58.5 Å². The first kappa shape index (κ1) is 19.0. The maximum Gasteiger partial charge on any atom is 0.244 e. The second-order valence-corrected chi connectivity index (χ2v) is 10.1. The molecule has 140 valence electrons. The van der Waals surface area contributed by atoms with Gasteiger partial charge in [0.05, 0.1) is 10.6 Å². The third-order valence-corrected chi connectivity index (χ3v) is 7.55. The van der Waals surface area contributed by atoms with Crippen molar-refractivity contribution in [1.29, 1.82) is 0 Å². The zero-order valence-corrected chi connectivity index (χ0v) is 16.1. The molecule has 0 unspecified atom stereocenters. The van der Waals surface area contributed by atoms with E-state index in [9.17, 15) is 16.8 Å².